The van der Waals surface area contributed by atoms with E-state index in [-0.39, 0.29) is 6.61 Å². The van der Waals surface area contributed by atoms with Gasteiger partial charge in [-0.25, -0.2) is 0 Å². The number of benzene rings is 2. The fourth-order valence-electron chi connectivity index (χ4n) is 2.39. The van der Waals surface area contributed by atoms with Crippen molar-refractivity contribution in [3.8, 4) is 17.2 Å². The summed E-state index contributed by atoms with van der Waals surface area (Å²) in [6.07, 6.45) is 0. The van der Waals surface area contributed by atoms with Crippen LogP contribution in [0.25, 0.3) is 0 Å². The highest BCUT2D eigenvalue weighted by Crippen LogP contribution is 2.39. The normalized spacial score (nSPS) is 10.7. The van der Waals surface area contributed by atoms with Crippen LogP contribution in [0.5, 0.6) is 17.2 Å². The zero-order chi connectivity index (χ0) is 19.2. The van der Waals surface area contributed by atoms with Crippen LogP contribution >= 0.6 is 27.7 Å². The highest BCUT2D eigenvalue weighted by atomic mass is 79.9. The molecule has 0 aliphatic rings. The summed E-state index contributed by atoms with van der Waals surface area (Å²) < 4.78 is 22.9. The Morgan fingerprint density at radius 1 is 1.11 bits per heavy atom. The van der Waals surface area contributed by atoms with Gasteiger partial charge in [-0.1, -0.05) is 30.0 Å². The molecule has 142 valence electrons. The third-order valence-corrected chi connectivity index (χ3v) is 5.45. The van der Waals surface area contributed by atoms with E-state index in [1.165, 1.54) is 11.8 Å². The zero-order valence-corrected chi connectivity index (χ0v) is 17.6. The first-order valence-electron chi connectivity index (χ1n) is 8.14. The van der Waals surface area contributed by atoms with E-state index < -0.39 is 0 Å². The van der Waals surface area contributed by atoms with Gasteiger partial charge in [0.25, 0.3) is 11.1 Å². The third kappa shape index (κ3) is 4.95. The summed E-state index contributed by atoms with van der Waals surface area (Å²) in [6.45, 7) is 2.25. The van der Waals surface area contributed by atoms with E-state index >= 15 is 0 Å². The number of rotatable bonds is 8. The second-order valence-corrected chi connectivity index (χ2v) is 7.35. The molecule has 3 aromatic rings. The first-order valence-corrected chi connectivity index (χ1v) is 9.92. The van der Waals surface area contributed by atoms with Crippen molar-refractivity contribution in [1.82, 2.24) is 10.2 Å². The largest absolute Gasteiger partial charge is 0.493 e. The SMILES string of the molecule is COc1ccc(CSc2nnc(COc3cccc(C)c3)o2)c(Br)c1OC. The minimum Gasteiger partial charge on any atom is -0.493 e. The Bertz CT molecular complexity index is 916. The first-order chi connectivity index (χ1) is 13.1. The van der Waals surface area contributed by atoms with Crippen molar-refractivity contribution >= 4 is 27.7 Å². The lowest BCUT2D eigenvalue weighted by Gasteiger charge is -2.12. The minimum absolute atomic E-state index is 0.233. The maximum atomic E-state index is 5.68. The molecule has 0 amide bonds. The lowest BCUT2D eigenvalue weighted by Crippen LogP contribution is -1.95. The van der Waals surface area contributed by atoms with Gasteiger partial charge in [0.1, 0.15) is 5.75 Å². The summed E-state index contributed by atoms with van der Waals surface area (Å²) in [7, 11) is 3.22. The molecule has 0 fully saturated rings. The number of thioether (sulfide) groups is 1. The number of aryl methyl sites for hydroxylation is 1. The Kier molecular flexibility index (Phi) is 6.63. The molecule has 0 atom stereocenters. The third-order valence-electron chi connectivity index (χ3n) is 3.72. The van der Waals surface area contributed by atoms with Crippen molar-refractivity contribution in [2.75, 3.05) is 14.2 Å². The maximum absolute atomic E-state index is 5.68. The molecule has 0 bridgehead atoms. The molecule has 0 spiro atoms. The van der Waals surface area contributed by atoms with E-state index in [9.17, 15) is 0 Å². The van der Waals surface area contributed by atoms with Crippen molar-refractivity contribution < 1.29 is 18.6 Å². The van der Waals surface area contributed by atoms with Crippen molar-refractivity contribution in [2.45, 2.75) is 24.5 Å². The summed E-state index contributed by atoms with van der Waals surface area (Å²) in [5.41, 5.74) is 2.17. The van der Waals surface area contributed by atoms with Crippen molar-refractivity contribution in [3.05, 3.63) is 57.9 Å². The van der Waals surface area contributed by atoms with Crippen LogP contribution in [0.2, 0.25) is 0 Å². The summed E-state index contributed by atoms with van der Waals surface area (Å²) in [5.74, 6) is 3.18. The van der Waals surface area contributed by atoms with E-state index in [0.717, 1.165) is 21.3 Å². The van der Waals surface area contributed by atoms with Crippen LogP contribution in [0, 0.1) is 6.92 Å². The number of ether oxygens (including phenoxy) is 3. The van der Waals surface area contributed by atoms with Gasteiger partial charge in [-0.3, -0.25) is 0 Å². The number of hydrogen-bond donors (Lipinski definition) is 0. The Morgan fingerprint density at radius 3 is 2.70 bits per heavy atom. The van der Waals surface area contributed by atoms with Crippen LogP contribution < -0.4 is 14.2 Å². The molecule has 0 saturated heterocycles. The fourth-order valence-corrected chi connectivity index (χ4v) is 3.97. The zero-order valence-electron chi connectivity index (χ0n) is 15.2. The molecule has 6 nitrogen and oxygen atoms in total. The number of halogens is 1. The maximum Gasteiger partial charge on any atom is 0.277 e. The van der Waals surface area contributed by atoms with E-state index in [1.807, 2.05) is 43.3 Å². The van der Waals surface area contributed by atoms with Crippen molar-refractivity contribution in [3.63, 3.8) is 0 Å². The highest BCUT2D eigenvalue weighted by Gasteiger charge is 2.14. The highest BCUT2D eigenvalue weighted by molar-refractivity contribution is 9.10. The van der Waals surface area contributed by atoms with Crippen LogP contribution in [0.1, 0.15) is 17.0 Å². The second-order valence-electron chi connectivity index (χ2n) is 5.63. The van der Waals surface area contributed by atoms with Gasteiger partial charge < -0.3 is 18.6 Å². The standard InChI is InChI=1S/C19H19BrN2O4S/c1-12-5-4-6-14(9-12)25-10-16-21-22-19(26-16)27-11-13-7-8-15(23-2)18(24-3)17(13)20/h4-9H,10-11H2,1-3H3. The van der Waals surface area contributed by atoms with Crippen LogP contribution in [-0.2, 0) is 12.4 Å². The number of methoxy groups -OCH3 is 2. The molecule has 3 rings (SSSR count). The minimum atomic E-state index is 0.233. The monoisotopic (exact) mass is 450 g/mol. The lowest BCUT2D eigenvalue weighted by atomic mass is 10.2. The van der Waals surface area contributed by atoms with Gasteiger partial charge in [0.15, 0.2) is 18.1 Å². The first kappa shape index (κ1) is 19.6. The van der Waals surface area contributed by atoms with E-state index in [1.54, 1.807) is 14.2 Å². The summed E-state index contributed by atoms with van der Waals surface area (Å²) in [5, 5.41) is 8.58. The van der Waals surface area contributed by atoms with E-state index in [0.29, 0.717) is 28.4 Å². The average Bonchev–Trinajstić information content (AvgIpc) is 3.13. The average molecular weight is 451 g/mol. The summed E-state index contributed by atoms with van der Waals surface area (Å²) >= 11 is 5.01. The van der Waals surface area contributed by atoms with Gasteiger partial charge in [-0.2, -0.15) is 0 Å². The molecule has 0 aliphatic heterocycles. The molecule has 1 aromatic heterocycles. The topological polar surface area (TPSA) is 66.6 Å². The molecule has 1 heterocycles. The molecule has 27 heavy (non-hydrogen) atoms. The van der Waals surface area contributed by atoms with Gasteiger partial charge in [0, 0.05) is 5.75 Å². The molecule has 0 radical (unpaired) electrons. The lowest BCUT2D eigenvalue weighted by molar-refractivity contribution is 0.252. The second kappa shape index (κ2) is 9.14. The Labute approximate surface area is 170 Å². The molecule has 0 aliphatic carbocycles. The van der Waals surface area contributed by atoms with Gasteiger partial charge in [0.05, 0.1) is 18.7 Å². The molecule has 0 saturated carbocycles. The molecule has 2 aromatic carbocycles. The van der Waals surface area contributed by atoms with Gasteiger partial charge >= 0.3 is 0 Å². The van der Waals surface area contributed by atoms with Gasteiger partial charge in [0.2, 0.25) is 0 Å². The Morgan fingerprint density at radius 2 is 1.96 bits per heavy atom. The molecular formula is C19H19BrN2O4S. The number of hydrogen-bond acceptors (Lipinski definition) is 7. The summed E-state index contributed by atoms with van der Waals surface area (Å²) in [6, 6.07) is 11.7. The predicted molar refractivity (Wildman–Crippen MR) is 107 cm³/mol. The number of nitrogens with zero attached hydrogens (tertiary/aromatic N) is 2. The molecule has 0 N–H and O–H groups in total. The predicted octanol–water partition coefficient (Wildman–Crippen LogP) is 5.03. The van der Waals surface area contributed by atoms with Crippen LogP contribution in [0.15, 0.2) is 50.5 Å². The van der Waals surface area contributed by atoms with Crippen molar-refractivity contribution in [2.24, 2.45) is 0 Å². The van der Waals surface area contributed by atoms with Crippen LogP contribution in [0.3, 0.4) is 0 Å². The quantitative estimate of drug-likeness (QED) is 0.445. The smallest absolute Gasteiger partial charge is 0.277 e. The molecule has 0 unspecified atom stereocenters. The van der Waals surface area contributed by atoms with E-state index in [4.69, 9.17) is 18.6 Å². The van der Waals surface area contributed by atoms with Gasteiger partial charge in [-0.05, 0) is 52.2 Å². The van der Waals surface area contributed by atoms with Crippen LogP contribution in [0.4, 0.5) is 0 Å². The number of aromatic nitrogens is 2. The summed E-state index contributed by atoms with van der Waals surface area (Å²) in [4.78, 5) is 0. The molecule has 8 heteroatoms. The van der Waals surface area contributed by atoms with E-state index in [2.05, 4.69) is 26.1 Å². The Balaban J connectivity index is 1.60. The Hall–Kier alpha value is -2.19. The van der Waals surface area contributed by atoms with Crippen LogP contribution in [-0.4, -0.2) is 24.4 Å². The molecular weight excluding hydrogens is 432 g/mol. The van der Waals surface area contributed by atoms with Crippen molar-refractivity contribution in [1.29, 1.82) is 0 Å². The van der Waals surface area contributed by atoms with Gasteiger partial charge in [-0.15, -0.1) is 10.2 Å². The fraction of sp³-hybridized carbons (Fsp3) is 0.263.